The third-order valence-corrected chi connectivity index (χ3v) is 5.25. The molecule has 0 aromatic heterocycles. The van der Waals surface area contributed by atoms with Gasteiger partial charge in [0.15, 0.2) is 9.84 Å². The van der Waals surface area contributed by atoms with Crippen LogP contribution < -0.4 is 5.32 Å². The molecule has 2 atom stereocenters. The zero-order valence-corrected chi connectivity index (χ0v) is 12.4. The molecule has 1 aliphatic carbocycles. The SMILES string of the molecule is CC1(C)C(O)CC1NCc1ccc(S(C)(=O)=O)cc1. The van der Waals surface area contributed by atoms with Crippen molar-refractivity contribution in [2.75, 3.05) is 6.26 Å². The Kier molecular flexibility index (Phi) is 3.73. The van der Waals surface area contributed by atoms with E-state index >= 15 is 0 Å². The molecule has 2 N–H and O–H groups in total. The molecule has 19 heavy (non-hydrogen) atoms. The minimum atomic E-state index is -3.12. The quantitative estimate of drug-likeness (QED) is 0.875. The molecule has 5 heteroatoms. The van der Waals surface area contributed by atoms with Crippen LogP contribution in [-0.4, -0.2) is 31.9 Å². The predicted octanol–water partition coefficient (Wildman–Crippen LogP) is 1.34. The van der Waals surface area contributed by atoms with Crippen LogP contribution in [0, 0.1) is 5.41 Å². The van der Waals surface area contributed by atoms with Crippen molar-refractivity contribution in [2.24, 2.45) is 5.41 Å². The number of aliphatic hydroxyl groups is 1. The molecule has 0 amide bonds. The van der Waals surface area contributed by atoms with E-state index in [1.165, 1.54) is 6.26 Å². The summed E-state index contributed by atoms with van der Waals surface area (Å²) in [6.45, 7) is 4.78. The molecule has 1 aromatic carbocycles. The minimum absolute atomic E-state index is 0.0906. The highest BCUT2D eigenvalue weighted by Gasteiger charge is 2.46. The van der Waals surface area contributed by atoms with Gasteiger partial charge in [0.05, 0.1) is 11.0 Å². The van der Waals surface area contributed by atoms with Crippen LogP contribution in [0.25, 0.3) is 0 Å². The van der Waals surface area contributed by atoms with E-state index in [0.29, 0.717) is 17.5 Å². The lowest BCUT2D eigenvalue weighted by Gasteiger charge is -2.49. The molecule has 2 unspecified atom stereocenters. The zero-order chi connectivity index (χ0) is 14.3. The van der Waals surface area contributed by atoms with Gasteiger partial charge in [0.1, 0.15) is 0 Å². The normalized spacial score (nSPS) is 25.9. The zero-order valence-electron chi connectivity index (χ0n) is 11.6. The topological polar surface area (TPSA) is 66.4 Å². The van der Waals surface area contributed by atoms with Gasteiger partial charge in [-0.15, -0.1) is 0 Å². The summed E-state index contributed by atoms with van der Waals surface area (Å²) >= 11 is 0. The second kappa shape index (κ2) is 4.89. The molecule has 0 saturated heterocycles. The summed E-state index contributed by atoms with van der Waals surface area (Å²) in [5.41, 5.74) is 0.955. The molecule has 106 valence electrons. The Labute approximate surface area is 114 Å². The van der Waals surface area contributed by atoms with Crippen LogP contribution in [0.3, 0.4) is 0 Å². The van der Waals surface area contributed by atoms with Gasteiger partial charge in [-0.05, 0) is 24.1 Å². The first-order valence-corrected chi connectivity index (χ1v) is 8.31. The highest BCUT2D eigenvalue weighted by molar-refractivity contribution is 7.90. The van der Waals surface area contributed by atoms with Crippen molar-refractivity contribution < 1.29 is 13.5 Å². The van der Waals surface area contributed by atoms with Gasteiger partial charge in [-0.2, -0.15) is 0 Å². The lowest BCUT2D eigenvalue weighted by Crippen LogP contribution is -2.59. The molecule has 1 saturated carbocycles. The number of benzene rings is 1. The summed E-state index contributed by atoms with van der Waals surface area (Å²) in [5.74, 6) is 0. The molecular formula is C14H21NO3S. The van der Waals surface area contributed by atoms with E-state index in [1.807, 2.05) is 26.0 Å². The summed E-state index contributed by atoms with van der Waals surface area (Å²) in [6, 6.07) is 7.22. The Hall–Kier alpha value is -0.910. The van der Waals surface area contributed by atoms with Gasteiger partial charge < -0.3 is 10.4 Å². The Morgan fingerprint density at radius 1 is 1.32 bits per heavy atom. The first-order valence-electron chi connectivity index (χ1n) is 6.41. The standard InChI is InChI=1S/C14H21NO3S/c1-14(2)12(8-13(14)16)15-9-10-4-6-11(7-5-10)19(3,17)18/h4-7,12-13,15-16H,8-9H2,1-3H3. The van der Waals surface area contributed by atoms with Crippen LogP contribution in [0.4, 0.5) is 0 Å². The molecule has 0 radical (unpaired) electrons. The van der Waals surface area contributed by atoms with Crippen LogP contribution in [-0.2, 0) is 16.4 Å². The summed E-state index contributed by atoms with van der Waals surface area (Å²) in [5, 5.41) is 13.1. The second-order valence-corrected chi connectivity index (χ2v) is 7.94. The molecule has 1 aromatic rings. The molecule has 0 spiro atoms. The Morgan fingerprint density at radius 3 is 2.32 bits per heavy atom. The van der Waals surface area contributed by atoms with Crippen LogP contribution in [0.15, 0.2) is 29.2 Å². The van der Waals surface area contributed by atoms with Crippen molar-refractivity contribution in [2.45, 2.75) is 43.9 Å². The molecule has 4 nitrogen and oxygen atoms in total. The maximum Gasteiger partial charge on any atom is 0.175 e. The number of aliphatic hydroxyl groups excluding tert-OH is 1. The fourth-order valence-electron chi connectivity index (χ4n) is 2.34. The highest BCUT2D eigenvalue weighted by Crippen LogP contribution is 2.40. The van der Waals surface area contributed by atoms with Crippen LogP contribution in [0.5, 0.6) is 0 Å². The van der Waals surface area contributed by atoms with Crippen LogP contribution >= 0.6 is 0 Å². The number of sulfone groups is 1. The van der Waals surface area contributed by atoms with Crippen molar-refractivity contribution in [1.82, 2.24) is 5.32 Å². The Balaban J connectivity index is 1.95. The van der Waals surface area contributed by atoms with Gasteiger partial charge in [0.2, 0.25) is 0 Å². The van der Waals surface area contributed by atoms with Crippen molar-refractivity contribution in [3.05, 3.63) is 29.8 Å². The third-order valence-electron chi connectivity index (χ3n) is 4.12. The van der Waals surface area contributed by atoms with Crippen molar-refractivity contribution in [1.29, 1.82) is 0 Å². The van der Waals surface area contributed by atoms with Gasteiger partial charge in [-0.1, -0.05) is 26.0 Å². The molecule has 0 heterocycles. The first kappa shape index (κ1) is 14.5. The largest absolute Gasteiger partial charge is 0.392 e. The van der Waals surface area contributed by atoms with Crippen molar-refractivity contribution in [3.63, 3.8) is 0 Å². The molecule has 2 rings (SSSR count). The van der Waals surface area contributed by atoms with E-state index in [4.69, 9.17) is 0 Å². The third kappa shape index (κ3) is 2.99. The molecule has 1 aliphatic rings. The monoisotopic (exact) mass is 283 g/mol. The lowest BCUT2D eigenvalue weighted by molar-refractivity contribution is -0.0729. The fraction of sp³-hybridized carbons (Fsp3) is 0.571. The number of rotatable bonds is 4. The summed E-state index contributed by atoms with van der Waals surface area (Å²) in [6.07, 6.45) is 1.74. The van der Waals surface area contributed by atoms with Gasteiger partial charge in [0.25, 0.3) is 0 Å². The first-order chi connectivity index (χ1) is 8.71. The number of nitrogens with one attached hydrogen (secondary N) is 1. The van der Waals surface area contributed by atoms with Crippen LogP contribution in [0.2, 0.25) is 0 Å². The molecule has 0 bridgehead atoms. The number of hydrogen-bond donors (Lipinski definition) is 2. The minimum Gasteiger partial charge on any atom is -0.392 e. The Morgan fingerprint density at radius 2 is 1.89 bits per heavy atom. The summed E-state index contributed by atoms with van der Waals surface area (Å²) in [4.78, 5) is 0.343. The van der Waals surface area contributed by atoms with E-state index in [0.717, 1.165) is 12.0 Å². The molecular weight excluding hydrogens is 262 g/mol. The van der Waals surface area contributed by atoms with Crippen LogP contribution in [0.1, 0.15) is 25.8 Å². The van der Waals surface area contributed by atoms with Gasteiger partial charge in [-0.3, -0.25) is 0 Å². The van der Waals surface area contributed by atoms with Gasteiger partial charge >= 0.3 is 0 Å². The highest BCUT2D eigenvalue weighted by atomic mass is 32.2. The van der Waals surface area contributed by atoms with E-state index in [-0.39, 0.29) is 11.5 Å². The molecule has 1 fully saturated rings. The smallest absolute Gasteiger partial charge is 0.175 e. The summed E-state index contributed by atoms with van der Waals surface area (Å²) < 4.78 is 22.7. The average molecular weight is 283 g/mol. The van der Waals surface area contributed by atoms with E-state index < -0.39 is 9.84 Å². The average Bonchev–Trinajstić information content (AvgIpc) is 2.33. The van der Waals surface area contributed by atoms with Crippen molar-refractivity contribution >= 4 is 9.84 Å². The maximum atomic E-state index is 11.3. The van der Waals surface area contributed by atoms with Crippen molar-refractivity contribution in [3.8, 4) is 0 Å². The second-order valence-electron chi connectivity index (χ2n) is 5.92. The van der Waals surface area contributed by atoms with E-state index in [1.54, 1.807) is 12.1 Å². The molecule has 0 aliphatic heterocycles. The lowest BCUT2D eigenvalue weighted by atomic mass is 9.64. The van der Waals surface area contributed by atoms with E-state index in [2.05, 4.69) is 5.32 Å². The van der Waals surface area contributed by atoms with Gasteiger partial charge in [-0.25, -0.2) is 8.42 Å². The van der Waals surface area contributed by atoms with Gasteiger partial charge in [0, 0.05) is 24.3 Å². The fourth-order valence-corrected chi connectivity index (χ4v) is 2.97. The maximum absolute atomic E-state index is 11.3. The number of hydrogen-bond acceptors (Lipinski definition) is 4. The predicted molar refractivity (Wildman–Crippen MR) is 74.6 cm³/mol. The summed E-state index contributed by atoms with van der Waals surface area (Å²) in [7, 11) is -3.12. The van der Waals surface area contributed by atoms with E-state index in [9.17, 15) is 13.5 Å². The Bertz CT molecular complexity index is 549.